The highest BCUT2D eigenvalue weighted by Gasteiger charge is 2.27. The molecule has 0 radical (unpaired) electrons. The van der Waals surface area contributed by atoms with Crippen molar-refractivity contribution in [3.05, 3.63) is 0 Å². The largest absolute Gasteiger partial charge is 0.350 e. The van der Waals surface area contributed by atoms with Crippen molar-refractivity contribution in [2.45, 2.75) is 52.4 Å². The monoisotopic (exact) mass is 172 g/mol. The molecule has 72 valence electrons. The minimum atomic E-state index is 0.0809. The van der Waals surface area contributed by atoms with Crippen molar-refractivity contribution in [2.75, 3.05) is 6.61 Å². The summed E-state index contributed by atoms with van der Waals surface area (Å²) in [5, 5.41) is 0. The maximum atomic E-state index is 5.70. The molecule has 2 nitrogen and oxygen atoms in total. The fourth-order valence-corrected chi connectivity index (χ4v) is 1.35. The summed E-state index contributed by atoms with van der Waals surface area (Å²) in [5.41, 5.74) is 0. The molecule has 1 heterocycles. The first-order chi connectivity index (χ1) is 5.74. The second kappa shape index (κ2) is 4.83. The van der Waals surface area contributed by atoms with Crippen LogP contribution in [-0.4, -0.2) is 19.0 Å². The molecule has 1 fully saturated rings. The lowest BCUT2D eigenvalue weighted by Crippen LogP contribution is -2.18. The van der Waals surface area contributed by atoms with E-state index < -0.39 is 0 Å². The van der Waals surface area contributed by atoms with Gasteiger partial charge in [0.25, 0.3) is 0 Å². The molecular formula is C10H20O2. The second-order valence-electron chi connectivity index (χ2n) is 3.82. The van der Waals surface area contributed by atoms with E-state index in [2.05, 4.69) is 20.8 Å². The van der Waals surface area contributed by atoms with Gasteiger partial charge in [0.2, 0.25) is 0 Å². The van der Waals surface area contributed by atoms with Gasteiger partial charge in [0.05, 0.1) is 12.7 Å². The fourth-order valence-electron chi connectivity index (χ4n) is 1.35. The van der Waals surface area contributed by atoms with Crippen LogP contribution in [0.15, 0.2) is 0 Å². The first-order valence-electron chi connectivity index (χ1n) is 5.01. The molecule has 2 heteroatoms. The van der Waals surface area contributed by atoms with Crippen LogP contribution in [0.25, 0.3) is 0 Å². The maximum Gasteiger partial charge on any atom is 0.158 e. The van der Waals surface area contributed by atoms with Crippen molar-refractivity contribution >= 4 is 0 Å². The van der Waals surface area contributed by atoms with E-state index in [-0.39, 0.29) is 6.29 Å². The van der Waals surface area contributed by atoms with Crippen LogP contribution < -0.4 is 0 Å². The van der Waals surface area contributed by atoms with Crippen LogP contribution in [0.3, 0.4) is 0 Å². The molecule has 0 spiro atoms. The average Bonchev–Trinajstić information content (AvgIpc) is 2.48. The molecule has 2 atom stereocenters. The Hall–Kier alpha value is -0.0800. The maximum absolute atomic E-state index is 5.70. The van der Waals surface area contributed by atoms with Crippen LogP contribution in [0.1, 0.15) is 40.0 Å². The van der Waals surface area contributed by atoms with Gasteiger partial charge >= 0.3 is 0 Å². The highest BCUT2D eigenvalue weighted by Crippen LogP contribution is 2.21. The molecule has 1 aliphatic rings. The zero-order chi connectivity index (χ0) is 8.97. The quantitative estimate of drug-likeness (QED) is 0.649. The smallest absolute Gasteiger partial charge is 0.158 e. The Kier molecular flexibility index (Phi) is 4.02. The summed E-state index contributed by atoms with van der Waals surface area (Å²) in [7, 11) is 0. The SMILES string of the molecule is CCCCC1OCC(C(C)C)O1. The summed E-state index contributed by atoms with van der Waals surface area (Å²) in [5.74, 6) is 0.580. The number of ether oxygens (including phenoxy) is 2. The minimum absolute atomic E-state index is 0.0809. The van der Waals surface area contributed by atoms with Crippen molar-refractivity contribution in [1.29, 1.82) is 0 Å². The average molecular weight is 172 g/mol. The van der Waals surface area contributed by atoms with Crippen molar-refractivity contribution in [1.82, 2.24) is 0 Å². The summed E-state index contributed by atoms with van der Waals surface area (Å²) in [4.78, 5) is 0. The van der Waals surface area contributed by atoms with E-state index in [1.807, 2.05) is 0 Å². The standard InChI is InChI=1S/C10H20O2/c1-4-5-6-10-11-7-9(12-10)8(2)3/h8-10H,4-7H2,1-3H3. The van der Waals surface area contributed by atoms with Gasteiger partial charge in [-0.2, -0.15) is 0 Å². The number of rotatable bonds is 4. The Balaban J connectivity index is 2.17. The normalized spacial score (nSPS) is 30.0. The first-order valence-corrected chi connectivity index (χ1v) is 5.01. The summed E-state index contributed by atoms with van der Waals surface area (Å²) in [6.07, 6.45) is 3.88. The molecule has 0 saturated carbocycles. The van der Waals surface area contributed by atoms with Crippen molar-refractivity contribution in [3.8, 4) is 0 Å². The summed E-state index contributed by atoms with van der Waals surface area (Å²) in [6, 6.07) is 0. The number of hydrogen-bond donors (Lipinski definition) is 0. The van der Waals surface area contributed by atoms with Gasteiger partial charge in [-0.15, -0.1) is 0 Å². The van der Waals surface area contributed by atoms with E-state index in [1.165, 1.54) is 12.8 Å². The first kappa shape index (κ1) is 10.0. The molecule has 12 heavy (non-hydrogen) atoms. The summed E-state index contributed by atoms with van der Waals surface area (Å²) >= 11 is 0. The lowest BCUT2D eigenvalue weighted by atomic mass is 10.1. The van der Waals surface area contributed by atoms with E-state index in [4.69, 9.17) is 9.47 Å². The Labute approximate surface area is 75.2 Å². The van der Waals surface area contributed by atoms with Crippen LogP contribution >= 0.6 is 0 Å². The van der Waals surface area contributed by atoms with Crippen LogP contribution in [0, 0.1) is 5.92 Å². The molecule has 1 aliphatic heterocycles. The third kappa shape index (κ3) is 2.76. The molecule has 0 N–H and O–H groups in total. The zero-order valence-corrected chi connectivity index (χ0v) is 8.38. The van der Waals surface area contributed by atoms with Crippen LogP contribution in [0.4, 0.5) is 0 Å². The highest BCUT2D eigenvalue weighted by molar-refractivity contribution is 4.68. The van der Waals surface area contributed by atoms with Crippen LogP contribution in [0.5, 0.6) is 0 Å². The van der Waals surface area contributed by atoms with Crippen molar-refractivity contribution in [3.63, 3.8) is 0 Å². The second-order valence-corrected chi connectivity index (χ2v) is 3.82. The van der Waals surface area contributed by atoms with E-state index >= 15 is 0 Å². The van der Waals surface area contributed by atoms with Gasteiger partial charge in [-0.3, -0.25) is 0 Å². The lowest BCUT2D eigenvalue weighted by Gasteiger charge is -2.13. The van der Waals surface area contributed by atoms with E-state index in [9.17, 15) is 0 Å². The fraction of sp³-hybridized carbons (Fsp3) is 1.00. The van der Waals surface area contributed by atoms with Gasteiger partial charge < -0.3 is 9.47 Å². The zero-order valence-electron chi connectivity index (χ0n) is 8.38. The van der Waals surface area contributed by atoms with Crippen LogP contribution in [0.2, 0.25) is 0 Å². The van der Waals surface area contributed by atoms with Gasteiger partial charge in [-0.1, -0.05) is 27.2 Å². The molecule has 1 saturated heterocycles. The molecule has 0 amide bonds. The Morgan fingerprint density at radius 2 is 2.17 bits per heavy atom. The van der Waals surface area contributed by atoms with Gasteiger partial charge in [-0.05, 0) is 18.8 Å². The number of hydrogen-bond acceptors (Lipinski definition) is 2. The van der Waals surface area contributed by atoms with E-state index in [0.29, 0.717) is 12.0 Å². The Bertz CT molecular complexity index is 123. The molecule has 0 aliphatic carbocycles. The molecule has 0 aromatic rings. The Morgan fingerprint density at radius 3 is 2.67 bits per heavy atom. The molecular weight excluding hydrogens is 152 g/mol. The topological polar surface area (TPSA) is 18.5 Å². The third-order valence-corrected chi connectivity index (χ3v) is 2.31. The van der Waals surface area contributed by atoms with Gasteiger partial charge in [-0.25, -0.2) is 0 Å². The van der Waals surface area contributed by atoms with Gasteiger partial charge in [0, 0.05) is 0 Å². The van der Waals surface area contributed by atoms with E-state index in [1.54, 1.807) is 0 Å². The predicted molar refractivity (Wildman–Crippen MR) is 49.0 cm³/mol. The molecule has 0 aromatic carbocycles. The van der Waals surface area contributed by atoms with Crippen LogP contribution in [-0.2, 0) is 9.47 Å². The minimum Gasteiger partial charge on any atom is -0.350 e. The van der Waals surface area contributed by atoms with Gasteiger partial charge in [0.1, 0.15) is 0 Å². The third-order valence-electron chi connectivity index (χ3n) is 2.31. The summed E-state index contributed by atoms with van der Waals surface area (Å²) in [6.45, 7) is 7.33. The van der Waals surface area contributed by atoms with Crippen molar-refractivity contribution < 1.29 is 9.47 Å². The molecule has 1 rings (SSSR count). The molecule has 2 unspecified atom stereocenters. The van der Waals surface area contributed by atoms with E-state index in [0.717, 1.165) is 13.0 Å². The molecule has 0 bridgehead atoms. The predicted octanol–water partition coefficient (Wildman–Crippen LogP) is 2.57. The molecule has 0 aromatic heterocycles. The Morgan fingerprint density at radius 1 is 1.42 bits per heavy atom. The highest BCUT2D eigenvalue weighted by atomic mass is 16.7. The lowest BCUT2D eigenvalue weighted by molar-refractivity contribution is -0.0695. The summed E-state index contributed by atoms with van der Waals surface area (Å²) < 4.78 is 11.2. The number of unbranched alkanes of at least 4 members (excludes halogenated alkanes) is 1. The van der Waals surface area contributed by atoms with Gasteiger partial charge in [0.15, 0.2) is 6.29 Å². The van der Waals surface area contributed by atoms with Crippen molar-refractivity contribution in [2.24, 2.45) is 5.92 Å².